The van der Waals surface area contributed by atoms with E-state index >= 15 is 0 Å². The van der Waals surface area contributed by atoms with Gasteiger partial charge in [-0.25, -0.2) is 8.42 Å². The van der Waals surface area contributed by atoms with Gasteiger partial charge in [-0.3, -0.25) is 4.79 Å². The lowest BCUT2D eigenvalue weighted by Gasteiger charge is -2.26. The largest absolute Gasteiger partial charge is 0.360 e. The molecule has 1 saturated heterocycles. The molecule has 1 aromatic heterocycles. The van der Waals surface area contributed by atoms with Crippen molar-refractivity contribution in [2.24, 2.45) is 0 Å². The van der Waals surface area contributed by atoms with Crippen LogP contribution in [0.25, 0.3) is 0 Å². The molecule has 0 spiro atoms. The lowest BCUT2D eigenvalue weighted by Crippen LogP contribution is -2.52. The smallest absolute Gasteiger partial charge is 0.249 e. The summed E-state index contributed by atoms with van der Waals surface area (Å²) in [5.41, 5.74) is -0.788. The molecule has 0 aromatic carbocycles. The van der Waals surface area contributed by atoms with E-state index in [2.05, 4.69) is 10.5 Å². The van der Waals surface area contributed by atoms with Crippen molar-refractivity contribution in [2.75, 3.05) is 6.54 Å². The third-order valence-corrected chi connectivity index (χ3v) is 5.91. The summed E-state index contributed by atoms with van der Waals surface area (Å²) in [6, 6.07) is 1.14. The third-order valence-electron chi connectivity index (χ3n) is 3.76. The average molecular weight is 340 g/mol. The zero-order chi connectivity index (χ0) is 17.4. The normalized spacial score (nSPS) is 19.5. The van der Waals surface area contributed by atoms with Gasteiger partial charge in [0.05, 0.1) is 6.07 Å². The molecule has 1 N–H and O–H groups in total. The molecule has 9 heteroatoms. The Morgan fingerprint density at radius 3 is 2.65 bits per heavy atom. The summed E-state index contributed by atoms with van der Waals surface area (Å²) in [7, 11) is -3.88. The van der Waals surface area contributed by atoms with Crippen LogP contribution >= 0.6 is 0 Å². The van der Waals surface area contributed by atoms with Crippen molar-refractivity contribution in [3.05, 3.63) is 11.5 Å². The fourth-order valence-electron chi connectivity index (χ4n) is 2.67. The summed E-state index contributed by atoms with van der Waals surface area (Å²) in [5, 5.41) is 15.3. The molecule has 1 unspecified atom stereocenters. The topological polar surface area (TPSA) is 116 Å². The zero-order valence-corrected chi connectivity index (χ0v) is 14.4. The highest BCUT2D eigenvalue weighted by Crippen LogP contribution is 2.30. The number of hydrogen-bond acceptors (Lipinski definition) is 6. The molecule has 8 nitrogen and oxygen atoms in total. The first kappa shape index (κ1) is 17.4. The van der Waals surface area contributed by atoms with Gasteiger partial charge >= 0.3 is 0 Å². The van der Waals surface area contributed by atoms with Crippen LogP contribution in [0.3, 0.4) is 0 Å². The number of carbonyl (C=O) groups is 1. The molecule has 2 heterocycles. The molecule has 1 amide bonds. The summed E-state index contributed by atoms with van der Waals surface area (Å²) in [6.07, 6.45) is 0.990. The van der Waals surface area contributed by atoms with Gasteiger partial charge < -0.3 is 9.84 Å². The van der Waals surface area contributed by atoms with E-state index in [1.54, 1.807) is 20.8 Å². The van der Waals surface area contributed by atoms with Crippen molar-refractivity contribution in [1.82, 2.24) is 14.8 Å². The van der Waals surface area contributed by atoms with Gasteiger partial charge in [-0.05, 0) is 40.5 Å². The lowest BCUT2D eigenvalue weighted by molar-refractivity contribution is -0.125. The Balaban J connectivity index is 2.32. The lowest BCUT2D eigenvalue weighted by atomic mass is 10.1. The van der Waals surface area contributed by atoms with Crippen LogP contribution in [0.1, 0.15) is 38.1 Å². The Morgan fingerprint density at radius 2 is 2.13 bits per heavy atom. The Labute approximate surface area is 135 Å². The SMILES string of the molecule is Cc1noc(C)c1S(=O)(=O)N1CCCC1C(=O)NC(C)(C)C#N. The molecular formula is C14H20N4O4S. The molecule has 0 bridgehead atoms. The van der Waals surface area contributed by atoms with Crippen molar-refractivity contribution in [3.8, 4) is 6.07 Å². The number of amides is 1. The van der Waals surface area contributed by atoms with Crippen molar-refractivity contribution in [1.29, 1.82) is 5.26 Å². The van der Waals surface area contributed by atoms with E-state index in [1.165, 1.54) is 11.2 Å². The van der Waals surface area contributed by atoms with E-state index in [1.807, 2.05) is 6.07 Å². The van der Waals surface area contributed by atoms with Gasteiger partial charge in [0.2, 0.25) is 15.9 Å². The number of aryl methyl sites for hydroxylation is 2. The Kier molecular flexibility index (Phi) is 4.50. The van der Waals surface area contributed by atoms with Crippen molar-refractivity contribution in [3.63, 3.8) is 0 Å². The van der Waals surface area contributed by atoms with Gasteiger partial charge in [0.15, 0.2) is 5.76 Å². The van der Waals surface area contributed by atoms with E-state index in [9.17, 15) is 13.2 Å². The van der Waals surface area contributed by atoms with Gasteiger partial charge in [-0.1, -0.05) is 5.16 Å². The second-order valence-corrected chi connectivity index (χ2v) is 7.98. The van der Waals surface area contributed by atoms with Crippen LogP contribution in [0.15, 0.2) is 9.42 Å². The van der Waals surface area contributed by atoms with Crippen LogP contribution in [0.4, 0.5) is 0 Å². The molecule has 0 saturated carbocycles. The van der Waals surface area contributed by atoms with Gasteiger partial charge in [-0.15, -0.1) is 0 Å². The molecule has 0 aliphatic carbocycles. The maximum atomic E-state index is 12.9. The summed E-state index contributed by atoms with van der Waals surface area (Å²) in [4.78, 5) is 12.4. The molecule has 1 aromatic rings. The van der Waals surface area contributed by atoms with Crippen molar-refractivity contribution >= 4 is 15.9 Å². The first-order valence-electron chi connectivity index (χ1n) is 7.28. The Morgan fingerprint density at radius 1 is 1.48 bits per heavy atom. The predicted octanol–water partition coefficient (Wildman–Crippen LogP) is 0.863. The van der Waals surface area contributed by atoms with Crippen molar-refractivity contribution in [2.45, 2.75) is 57.0 Å². The summed E-state index contributed by atoms with van der Waals surface area (Å²) >= 11 is 0. The minimum Gasteiger partial charge on any atom is -0.360 e. The Bertz CT molecular complexity index is 741. The number of aromatic nitrogens is 1. The zero-order valence-electron chi connectivity index (χ0n) is 13.6. The highest BCUT2D eigenvalue weighted by atomic mass is 32.2. The second-order valence-electron chi connectivity index (χ2n) is 6.15. The molecule has 1 aliphatic heterocycles. The van der Waals surface area contributed by atoms with E-state index in [0.717, 1.165) is 0 Å². The van der Waals surface area contributed by atoms with Crippen LogP contribution in [-0.4, -0.2) is 41.9 Å². The monoisotopic (exact) mass is 340 g/mol. The number of rotatable bonds is 4. The average Bonchev–Trinajstić information content (AvgIpc) is 3.06. The first-order chi connectivity index (χ1) is 10.6. The fourth-order valence-corrected chi connectivity index (χ4v) is 4.62. The second kappa shape index (κ2) is 5.94. The molecule has 23 heavy (non-hydrogen) atoms. The number of nitrogens with zero attached hydrogens (tertiary/aromatic N) is 3. The molecule has 1 atom stereocenters. The number of nitrogens with one attached hydrogen (secondary N) is 1. The van der Waals surface area contributed by atoms with Gasteiger partial charge in [-0.2, -0.15) is 9.57 Å². The highest BCUT2D eigenvalue weighted by molar-refractivity contribution is 7.89. The minimum absolute atomic E-state index is 0.0109. The first-order valence-corrected chi connectivity index (χ1v) is 8.72. The number of sulfonamides is 1. The number of nitriles is 1. The highest BCUT2D eigenvalue weighted by Gasteiger charge is 2.42. The summed E-state index contributed by atoms with van der Waals surface area (Å²) < 4.78 is 31.8. The molecular weight excluding hydrogens is 320 g/mol. The van der Waals surface area contributed by atoms with E-state index in [0.29, 0.717) is 12.8 Å². The third kappa shape index (κ3) is 3.23. The molecule has 2 rings (SSSR count). The van der Waals surface area contributed by atoms with Crippen molar-refractivity contribution < 1.29 is 17.7 Å². The van der Waals surface area contributed by atoms with Gasteiger partial charge in [0.25, 0.3) is 0 Å². The minimum atomic E-state index is -3.88. The van der Waals surface area contributed by atoms with Crippen LogP contribution < -0.4 is 5.32 Å². The molecule has 126 valence electrons. The standard InChI is InChI=1S/C14H20N4O4S/c1-9-12(10(2)22-17-9)23(20,21)18-7-5-6-11(18)13(19)16-14(3,4)8-15/h11H,5-7H2,1-4H3,(H,16,19). The molecule has 1 fully saturated rings. The maximum absolute atomic E-state index is 12.9. The van der Waals surface area contributed by atoms with E-state index < -0.39 is 27.5 Å². The van der Waals surface area contributed by atoms with Crippen LogP contribution in [-0.2, 0) is 14.8 Å². The molecule has 1 aliphatic rings. The number of carbonyl (C=O) groups excluding carboxylic acids is 1. The Hall–Kier alpha value is -1.92. The number of hydrogen-bond donors (Lipinski definition) is 1. The molecule has 0 radical (unpaired) electrons. The maximum Gasteiger partial charge on any atom is 0.249 e. The fraction of sp³-hybridized carbons (Fsp3) is 0.643. The van der Waals surface area contributed by atoms with Crippen LogP contribution in [0.5, 0.6) is 0 Å². The summed E-state index contributed by atoms with van der Waals surface area (Å²) in [6.45, 7) is 6.45. The summed E-state index contributed by atoms with van der Waals surface area (Å²) in [5.74, 6) is -0.268. The van der Waals surface area contributed by atoms with E-state index in [-0.39, 0.29) is 22.9 Å². The van der Waals surface area contributed by atoms with Crippen LogP contribution in [0.2, 0.25) is 0 Å². The van der Waals surface area contributed by atoms with Gasteiger partial charge in [0.1, 0.15) is 22.2 Å². The predicted molar refractivity (Wildman–Crippen MR) is 80.7 cm³/mol. The van der Waals surface area contributed by atoms with Crippen LogP contribution in [0, 0.1) is 25.2 Å². The van der Waals surface area contributed by atoms with Gasteiger partial charge in [0, 0.05) is 6.54 Å². The van der Waals surface area contributed by atoms with E-state index in [4.69, 9.17) is 9.78 Å². The quantitative estimate of drug-likeness (QED) is 0.869.